The molecule has 0 spiro atoms. The molecule has 0 amide bonds. The van der Waals surface area contributed by atoms with Gasteiger partial charge in [0.25, 0.3) is 0 Å². The van der Waals surface area contributed by atoms with Crippen LogP contribution in [0.1, 0.15) is 0 Å². The van der Waals surface area contributed by atoms with Gasteiger partial charge in [0, 0.05) is 0 Å². The Balaban J connectivity index is 3.33. The van der Waals surface area contributed by atoms with Crippen molar-refractivity contribution in [2.24, 2.45) is 0 Å². The van der Waals surface area contributed by atoms with Gasteiger partial charge in [-0.1, -0.05) is 0 Å². The lowest BCUT2D eigenvalue weighted by molar-refractivity contribution is 0.367. The molecular formula is C6H8BClN2O4. The minimum absolute atomic E-state index is 0.0307. The summed E-state index contributed by atoms with van der Waals surface area (Å²) >= 11 is 5.54. The number of halogens is 1. The highest BCUT2D eigenvalue weighted by atomic mass is 35.5. The van der Waals surface area contributed by atoms with Crippen LogP contribution in [0.25, 0.3) is 0 Å². The summed E-state index contributed by atoms with van der Waals surface area (Å²) in [7, 11) is 0.866. The van der Waals surface area contributed by atoms with Crippen molar-refractivity contribution in [3.63, 3.8) is 0 Å². The Kier molecular flexibility index (Phi) is 3.51. The highest BCUT2D eigenvalue weighted by molar-refractivity contribution is 6.60. The minimum Gasteiger partial charge on any atom is -0.481 e. The number of ether oxygens (including phenoxy) is 2. The summed E-state index contributed by atoms with van der Waals surface area (Å²) < 4.78 is 9.59. The lowest BCUT2D eigenvalue weighted by atomic mass is 9.81. The van der Waals surface area contributed by atoms with Crippen LogP contribution in [0.4, 0.5) is 0 Å². The topological polar surface area (TPSA) is 84.7 Å². The van der Waals surface area contributed by atoms with Gasteiger partial charge in [0.2, 0.25) is 17.0 Å². The zero-order valence-corrected chi connectivity index (χ0v) is 8.32. The van der Waals surface area contributed by atoms with Gasteiger partial charge in [0.1, 0.15) is 5.46 Å². The van der Waals surface area contributed by atoms with E-state index in [-0.39, 0.29) is 22.5 Å². The van der Waals surface area contributed by atoms with Crippen molar-refractivity contribution in [2.75, 3.05) is 14.2 Å². The fraction of sp³-hybridized carbons (Fsp3) is 0.333. The van der Waals surface area contributed by atoms with Crippen molar-refractivity contribution in [1.29, 1.82) is 0 Å². The average molecular weight is 218 g/mol. The molecule has 14 heavy (non-hydrogen) atoms. The van der Waals surface area contributed by atoms with E-state index in [1.165, 1.54) is 14.2 Å². The molecule has 1 aromatic rings. The van der Waals surface area contributed by atoms with E-state index in [0.717, 1.165) is 0 Å². The molecule has 0 bridgehead atoms. The molecule has 0 saturated heterocycles. The van der Waals surface area contributed by atoms with Gasteiger partial charge in [0.15, 0.2) is 0 Å². The number of methoxy groups -OCH3 is 2. The Morgan fingerprint density at radius 2 is 1.57 bits per heavy atom. The first kappa shape index (κ1) is 11.0. The molecule has 0 aliphatic heterocycles. The zero-order valence-electron chi connectivity index (χ0n) is 7.56. The summed E-state index contributed by atoms with van der Waals surface area (Å²) in [5, 5.41) is 17.9. The Morgan fingerprint density at radius 3 is 1.86 bits per heavy atom. The molecule has 76 valence electrons. The smallest absolute Gasteiger partial charge is 0.481 e. The van der Waals surface area contributed by atoms with Crippen molar-refractivity contribution in [2.45, 2.75) is 0 Å². The van der Waals surface area contributed by atoms with Crippen molar-refractivity contribution >= 4 is 24.2 Å². The molecule has 0 aromatic carbocycles. The molecular weight excluding hydrogens is 210 g/mol. The third-order valence-electron chi connectivity index (χ3n) is 1.49. The highest BCUT2D eigenvalue weighted by Crippen LogP contribution is 2.15. The summed E-state index contributed by atoms with van der Waals surface area (Å²) in [6.07, 6.45) is 0. The maximum absolute atomic E-state index is 9.01. The molecule has 1 aromatic heterocycles. The predicted molar refractivity (Wildman–Crippen MR) is 50.0 cm³/mol. The van der Waals surface area contributed by atoms with Gasteiger partial charge in [-0.15, -0.1) is 0 Å². The molecule has 0 atom stereocenters. The van der Waals surface area contributed by atoms with Crippen LogP contribution in [-0.2, 0) is 0 Å². The fourth-order valence-electron chi connectivity index (χ4n) is 0.937. The molecule has 0 aliphatic carbocycles. The van der Waals surface area contributed by atoms with Gasteiger partial charge in [-0.05, 0) is 11.6 Å². The maximum atomic E-state index is 9.01. The average Bonchev–Trinajstić information content (AvgIpc) is 2.15. The first-order chi connectivity index (χ1) is 6.60. The quantitative estimate of drug-likeness (QED) is 0.491. The van der Waals surface area contributed by atoms with Gasteiger partial charge < -0.3 is 19.5 Å². The van der Waals surface area contributed by atoms with Crippen LogP contribution >= 0.6 is 11.6 Å². The largest absolute Gasteiger partial charge is 0.499 e. The molecule has 1 rings (SSSR count). The summed E-state index contributed by atoms with van der Waals surface area (Å²) in [5.74, 6) is -0.0614. The van der Waals surface area contributed by atoms with Crippen LogP contribution < -0.4 is 14.9 Å². The second-order valence-corrected chi connectivity index (χ2v) is 2.64. The summed E-state index contributed by atoms with van der Waals surface area (Å²) in [6.45, 7) is 0. The molecule has 0 radical (unpaired) electrons. The zero-order chi connectivity index (χ0) is 10.7. The van der Waals surface area contributed by atoms with Gasteiger partial charge >= 0.3 is 7.12 Å². The van der Waals surface area contributed by atoms with E-state index in [0.29, 0.717) is 0 Å². The standard InChI is InChI=1S/C6H8BClN2O4/c1-13-4-3(7(11)12)5(14-2)10-6(8)9-4/h11-12H,1-2H3. The number of nitrogens with zero attached hydrogens (tertiary/aromatic N) is 2. The number of rotatable bonds is 3. The third-order valence-corrected chi connectivity index (χ3v) is 1.66. The van der Waals surface area contributed by atoms with Crippen LogP contribution in [0, 0.1) is 0 Å². The monoisotopic (exact) mass is 218 g/mol. The molecule has 0 saturated carbocycles. The lowest BCUT2D eigenvalue weighted by Gasteiger charge is -2.10. The molecule has 0 unspecified atom stereocenters. The molecule has 8 heteroatoms. The normalized spacial score (nSPS) is 9.79. The summed E-state index contributed by atoms with van der Waals surface area (Å²) in [4.78, 5) is 7.31. The second kappa shape index (κ2) is 4.45. The highest BCUT2D eigenvalue weighted by Gasteiger charge is 2.26. The Labute approximate surface area is 85.6 Å². The van der Waals surface area contributed by atoms with Crippen molar-refractivity contribution in [1.82, 2.24) is 9.97 Å². The van der Waals surface area contributed by atoms with E-state index in [4.69, 9.17) is 31.1 Å². The number of hydrogen-bond donors (Lipinski definition) is 2. The van der Waals surface area contributed by atoms with Crippen molar-refractivity contribution < 1.29 is 19.5 Å². The first-order valence-corrected chi connectivity index (χ1v) is 3.99. The van der Waals surface area contributed by atoms with E-state index in [9.17, 15) is 0 Å². The Morgan fingerprint density at radius 1 is 1.14 bits per heavy atom. The van der Waals surface area contributed by atoms with Crippen LogP contribution in [0.15, 0.2) is 0 Å². The molecule has 6 nitrogen and oxygen atoms in total. The van der Waals surface area contributed by atoms with E-state index in [2.05, 4.69) is 9.97 Å². The summed E-state index contributed by atoms with van der Waals surface area (Å²) in [6, 6.07) is 0. The molecule has 1 heterocycles. The van der Waals surface area contributed by atoms with E-state index in [1.807, 2.05) is 0 Å². The van der Waals surface area contributed by atoms with Gasteiger partial charge in [-0.25, -0.2) is 0 Å². The van der Waals surface area contributed by atoms with Crippen LogP contribution in [0.5, 0.6) is 11.8 Å². The second-order valence-electron chi connectivity index (χ2n) is 2.30. The fourth-order valence-corrected chi connectivity index (χ4v) is 1.09. The lowest BCUT2D eigenvalue weighted by Crippen LogP contribution is -2.34. The first-order valence-electron chi connectivity index (χ1n) is 3.61. The number of aromatic nitrogens is 2. The Hall–Kier alpha value is -1.05. The van der Waals surface area contributed by atoms with Crippen LogP contribution in [0.2, 0.25) is 5.28 Å². The molecule has 0 aliphatic rings. The van der Waals surface area contributed by atoms with Crippen LogP contribution in [0.3, 0.4) is 0 Å². The van der Waals surface area contributed by atoms with Gasteiger partial charge in [0.05, 0.1) is 14.2 Å². The van der Waals surface area contributed by atoms with E-state index in [1.54, 1.807) is 0 Å². The molecule has 2 N–H and O–H groups in total. The Bertz CT molecular complexity index is 311. The van der Waals surface area contributed by atoms with Crippen LogP contribution in [-0.4, -0.2) is 41.4 Å². The maximum Gasteiger partial charge on any atom is 0.499 e. The summed E-state index contributed by atoms with van der Waals surface area (Å²) in [5.41, 5.74) is -0.0561. The minimum atomic E-state index is -1.78. The predicted octanol–water partition coefficient (Wildman–Crippen LogP) is -1.17. The van der Waals surface area contributed by atoms with Gasteiger partial charge in [-0.3, -0.25) is 0 Å². The third kappa shape index (κ3) is 2.06. The SMILES string of the molecule is COc1nc(Cl)nc(OC)c1B(O)O. The van der Waals surface area contributed by atoms with E-state index >= 15 is 0 Å². The molecule has 0 fully saturated rings. The van der Waals surface area contributed by atoms with Gasteiger partial charge in [-0.2, -0.15) is 9.97 Å². The van der Waals surface area contributed by atoms with Crippen molar-refractivity contribution in [3.8, 4) is 11.8 Å². The van der Waals surface area contributed by atoms with Crippen molar-refractivity contribution in [3.05, 3.63) is 5.28 Å². The van der Waals surface area contributed by atoms with E-state index < -0.39 is 7.12 Å². The number of hydrogen-bond acceptors (Lipinski definition) is 6.